The predicted molar refractivity (Wildman–Crippen MR) is 111 cm³/mol. The Kier molecular flexibility index (Phi) is 5.47. The van der Waals surface area contributed by atoms with Crippen molar-refractivity contribution < 1.29 is 9.47 Å². The first-order valence-corrected chi connectivity index (χ1v) is 9.55. The van der Waals surface area contributed by atoms with Crippen LogP contribution in [0.25, 0.3) is 26.4 Å². The van der Waals surface area contributed by atoms with E-state index >= 15 is 0 Å². The number of ether oxygens (including phenoxy) is 2. The highest BCUT2D eigenvalue weighted by Gasteiger charge is 2.20. The summed E-state index contributed by atoms with van der Waals surface area (Å²) in [6, 6.07) is 5.65. The fourth-order valence-corrected chi connectivity index (χ4v) is 4.03. The SMILES string of the molecule is [C-]#[N+]c1sc2nc(-c3ccc(OC)c(OC)c3)nc(N(CC)CC)c2c1C. The molecule has 0 aliphatic rings. The molecule has 0 radical (unpaired) electrons. The highest BCUT2D eigenvalue weighted by atomic mass is 32.1. The number of hydrogen-bond donors (Lipinski definition) is 0. The van der Waals surface area contributed by atoms with Crippen LogP contribution in [0.1, 0.15) is 19.4 Å². The minimum atomic E-state index is 0.614. The fourth-order valence-electron chi connectivity index (χ4n) is 3.07. The summed E-state index contributed by atoms with van der Waals surface area (Å²) in [5, 5.41) is 1.64. The van der Waals surface area contributed by atoms with Gasteiger partial charge in [0.2, 0.25) is 5.00 Å². The van der Waals surface area contributed by atoms with Crippen molar-refractivity contribution in [3.05, 3.63) is 35.2 Å². The maximum Gasteiger partial charge on any atom is 0.246 e. The van der Waals surface area contributed by atoms with Gasteiger partial charge in [-0.25, -0.2) is 14.8 Å². The maximum absolute atomic E-state index is 7.44. The molecule has 0 bridgehead atoms. The van der Waals surface area contributed by atoms with E-state index < -0.39 is 0 Å². The minimum absolute atomic E-state index is 0.614. The van der Waals surface area contributed by atoms with Gasteiger partial charge in [-0.15, -0.1) is 11.3 Å². The van der Waals surface area contributed by atoms with Gasteiger partial charge in [0.1, 0.15) is 10.6 Å². The summed E-state index contributed by atoms with van der Waals surface area (Å²) in [5.74, 6) is 2.78. The third kappa shape index (κ3) is 3.28. The highest BCUT2D eigenvalue weighted by molar-refractivity contribution is 7.22. The van der Waals surface area contributed by atoms with E-state index in [2.05, 4.69) is 23.6 Å². The fraction of sp³-hybridized carbons (Fsp3) is 0.350. The van der Waals surface area contributed by atoms with Crippen LogP contribution in [-0.4, -0.2) is 37.3 Å². The van der Waals surface area contributed by atoms with Gasteiger partial charge in [-0.1, -0.05) is 0 Å². The first-order chi connectivity index (χ1) is 13.1. The van der Waals surface area contributed by atoms with Gasteiger partial charge in [0.25, 0.3) is 0 Å². The predicted octanol–water partition coefficient (Wildman–Crippen LogP) is 5.08. The molecular weight excluding hydrogens is 360 g/mol. The number of nitrogens with zero attached hydrogens (tertiary/aromatic N) is 4. The largest absolute Gasteiger partial charge is 0.493 e. The van der Waals surface area contributed by atoms with Crippen molar-refractivity contribution in [1.82, 2.24) is 9.97 Å². The van der Waals surface area contributed by atoms with Gasteiger partial charge in [-0.2, -0.15) is 0 Å². The van der Waals surface area contributed by atoms with Gasteiger partial charge in [-0.3, -0.25) is 0 Å². The van der Waals surface area contributed by atoms with E-state index in [-0.39, 0.29) is 0 Å². The van der Waals surface area contributed by atoms with Crippen LogP contribution in [0.4, 0.5) is 10.8 Å². The zero-order valence-corrected chi connectivity index (χ0v) is 17.0. The number of hydrogen-bond acceptors (Lipinski definition) is 6. The summed E-state index contributed by atoms with van der Waals surface area (Å²) < 4.78 is 10.7. The highest BCUT2D eigenvalue weighted by Crippen LogP contribution is 2.42. The summed E-state index contributed by atoms with van der Waals surface area (Å²) >= 11 is 1.41. The van der Waals surface area contributed by atoms with Crippen molar-refractivity contribution in [3.63, 3.8) is 0 Å². The summed E-state index contributed by atoms with van der Waals surface area (Å²) in [5.41, 5.74) is 1.80. The molecule has 0 aliphatic heterocycles. The Morgan fingerprint density at radius 2 is 1.81 bits per heavy atom. The normalized spacial score (nSPS) is 10.7. The Balaban J connectivity index is 2.27. The average molecular weight is 382 g/mol. The molecule has 0 N–H and O–H groups in total. The molecule has 0 spiro atoms. The zero-order chi connectivity index (χ0) is 19.6. The number of fused-ring (bicyclic) bond motifs is 1. The standard InChI is InChI=1S/C20H22N4O2S/c1-7-24(8-2)18-16-12(3)19(21-4)27-20(16)23-17(22-18)13-9-10-14(25-5)15(11-13)26-6/h9-11H,7-8H2,1-3,5-6H3. The summed E-state index contributed by atoms with van der Waals surface area (Å²) in [7, 11) is 3.22. The van der Waals surface area contributed by atoms with E-state index in [4.69, 9.17) is 26.0 Å². The number of benzene rings is 1. The van der Waals surface area contributed by atoms with Crippen molar-refractivity contribution >= 4 is 32.4 Å². The molecule has 2 heterocycles. The molecule has 3 rings (SSSR count). The van der Waals surface area contributed by atoms with E-state index in [1.54, 1.807) is 14.2 Å². The lowest BCUT2D eigenvalue weighted by Crippen LogP contribution is -2.23. The molecule has 7 heteroatoms. The molecule has 140 valence electrons. The van der Waals surface area contributed by atoms with Gasteiger partial charge in [0.05, 0.1) is 20.8 Å². The second kappa shape index (κ2) is 7.80. The monoisotopic (exact) mass is 382 g/mol. The van der Waals surface area contributed by atoms with Crippen molar-refractivity contribution in [2.45, 2.75) is 20.8 Å². The molecular formula is C20H22N4O2S. The van der Waals surface area contributed by atoms with Crippen molar-refractivity contribution in [2.75, 3.05) is 32.2 Å². The Labute approximate surface area is 163 Å². The molecule has 0 aliphatic carbocycles. The lowest BCUT2D eigenvalue weighted by Gasteiger charge is -2.22. The van der Waals surface area contributed by atoms with Crippen LogP contribution in [0.3, 0.4) is 0 Å². The molecule has 0 unspecified atom stereocenters. The second-order valence-electron chi connectivity index (χ2n) is 5.94. The smallest absolute Gasteiger partial charge is 0.246 e. The van der Waals surface area contributed by atoms with Gasteiger partial charge in [0.15, 0.2) is 17.3 Å². The van der Waals surface area contributed by atoms with Crippen LogP contribution in [0.5, 0.6) is 11.5 Å². The molecule has 1 aromatic carbocycles. The maximum atomic E-state index is 7.44. The van der Waals surface area contributed by atoms with Crippen LogP contribution in [0.2, 0.25) is 0 Å². The Bertz CT molecular complexity index is 1020. The quantitative estimate of drug-likeness (QED) is 0.557. The Hall–Kier alpha value is -2.85. The number of anilines is 1. The van der Waals surface area contributed by atoms with E-state index in [1.807, 2.05) is 25.1 Å². The Morgan fingerprint density at radius 3 is 2.41 bits per heavy atom. The molecule has 3 aromatic rings. The summed E-state index contributed by atoms with van der Waals surface area (Å²) in [6.07, 6.45) is 0. The molecule has 6 nitrogen and oxygen atoms in total. The van der Waals surface area contributed by atoms with Gasteiger partial charge >= 0.3 is 0 Å². The lowest BCUT2D eigenvalue weighted by atomic mass is 10.1. The number of aryl methyl sites for hydroxylation is 1. The number of aromatic nitrogens is 2. The topological polar surface area (TPSA) is 51.8 Å². The van der Waals surface area contributed by atoms with Crippen LogP contribution in [0, 0.1) is 13.5 Å². The third-order valence-corrected chi connectivity index (χ3v) is 5.63. The molecule has 0 saturated carbocycles. The van der Waals surface area contributed by atoms with Crippen molar-refractivity contribution in [3.8, 4) is 22.9 Å². The van der Waals surface area contributed by atoms with E-state index in [0.717, 1.165) is 40.3 Å². The van der Waals surface area contributed by atoms with E-state index in [0.29, 0.717) is 22.3 Å². The first-order valence-electron chi connectivity index (χ1n) is 8.73. The summed E-state index contributed by atoms with van der Waals surface area (Å²) in [4.78, 5) is 16.3. The Morgan fingerprint density at radius 1 is 1.11 bits per heavy atom. The number of methoxy groups -OCH3 is 2. The van der Waals surface area contributed by atoms with Gasteiger partial charge < -0.3 is 14.4 Å². The van der Waals surface area contributed by atoms with Crippen LogP contribution in [0.15, 0.2) is 18.2 Å². The van der Waals surface area contributed by atoms with Gasteiger partial charge in [-0.05, 0) is 44.5 Å². The molecule has 27 heavy (non-hydrogen) atoms. The average Bonchev–Trinajstić information content (AvgIpc) is 3.04. The molecule has 2 aromatic heterocycles. The molecule has 0 saturated heterocycles. The van der Waals surface area contributed by atoms with Crippen molar-refractivity contribution in [2.24, 2.45) is 0 Å². The van der Waals surface area contributed by atoms with Crippen LogP contribution in [-0.2, 0) is 0 Å². The molecule has 0 atom stereocenters. The third-order valence-electron chi connectivity index (χ3n) is 4.55. The number of thiophene rings is 1. The molecule has 0 fully saturated rings. The first kappa shape index (κ1) is 18.9. The zero-order valence-electron chi connectivity index (χ0n) is 16.2. The van der Waals surface area contributed by atoms with Crippen molar-refractivity contribution in [1.29, 1.82) is 0 Å². The van der Waals surface area contributed by atoms with E-state index in [1.165, 1.54) is 11.3 Å². The van der Waals surface area contributed by atoms with Crippen LogP contribution < -0.4 is 14.4 Å². The second-order valence-corrected chi connectivity index (χ2v) is 6.91. The lowest BCUT2D eigenvalue weighted by molar-refractivity contribution is 0.355. The minimum Gasteiger partial charge on any atom is -0.493 e. The van der Waals surface area contributed by atoms with Crippen LogP contribution >= 0.6 is 11.3 Å². The van der Waals surface area contributed by atoms with Gasteiger partial charge in [0, 0.05) is 24.0 Å². The number of rotatable bonds is 6. The summed E-state index contributed by atoms with van der Waals surface area (Å²) in [6.45, 7) is 15.3. The molecule has 0 amide bonds. The van der Waals surface area contributed by atoms with E-state index in [9.17, 15) is 0 Å².